The van der Waals surface area contributed by atoms with E-state index in [0.717, 1.165) is 49.8 Å². The zero-order chi connectivity index (χ0) is 19.1. The molecule has 1 atom stereocenters. The first-order valence-electron chi connectivity index (χ1n) is 9.41. The monoisotopic (exact) mass is 384 g/mol. The van der Waals surface area contributed by atoms with Crippen LogP contribution in [0.2, 0.25) is 0 Å². The number of nitrogens with one attached hydrogen (secondary N) is 1. The van der Waals surface area contributed by atoms with Gasteiger partial charge in [0.2, 0.25) is 0 Å². The summed E-state index contributed by atoms with van der Waals surface area (Å²) in [6, 6.07) is 12.6. The molecule has 1 aromatic carbocycles. The van der Waals surface area contributed by atoms with Crippen LogP contribution in [-0.2, 0) is 17.8 Å². The summed E-state index contributed by atoms with van der Waals surface area (Å²) in [6.07, 6.45) is 6.19. The topological polar surface area (TPSA) is 40.6 Å². The maximum Gasteiger partial charge on any atom is 0.169 e. The second-order valence-corrected chi connectivity index (χ2v) is 7.49. The lowest BCUT2D eigenvalue weighted by Gasteiger charge is -2.27. The maximum absolute atomic E-state index is 5.71. The lowest BCUT2D eigenvalue weighted by molar-refractivity contribution is 0.113. The second-order valence-electron chi connectivity index (χ2n) is 7.10. The average Bonchev–Trinajstić information content (AvgIpc) is 3.20. The molecule has 1 fully saturated rings. The van der Waals surface area contributed by atoms with Crippen molar-refractivity contribution >= 4 is 23.0 Å². The van der Waals surface area contributed by atoms with Gasteiger partial charge in [-0.1, -0.05) is 18.2 Å². The lowest BCUT2D eigenvalue weighted by atomic mass is 10.1. The molecule has 3 rings (SSSR count). The molecule has 1 aromatic heterocycles. The van der Waals surface area contributed by atoms with Gasteiger partial charge in [0.1, 0.15) is 0 Å². The first kappa shape index (κ1) is 19.6. The number of hydrogen-bond donors (Lipinski definition) is 1. The number of rotatable bonds is 7. The van der Waals surface area contributed by atoms with E-state index in [2.05, 4.69) is 50.4 Å². The SMILES string of the molecule is CN(C)c1ccc(CN(Cc2cccnc2)C(=S)NC[C@H]2CCCO2)cc1. The van der Waals surface area contributed by atoms with E-state index >= 15 is 0 Å². The molecule has 6 heteroatoms. The van der Waals surface area contributed by atoms with Crippen molar-refractivity contribution in [2.75, 3.05) is 32.1 Å². The largest absolute Gasteiger partial charge is 0.378 e. The summed E-state index contributed by atoms with van der Waals surface area (Å²) in [5.74, 6) is 0. The Balaban J connectivity index is 1.67. The molecule has 0 amide bonds. The fourth-order valence-corrected chi connectivity index (χ4v) is 3.36. The number of aromatic nitrogens is 1. The van der Waals surface area contributed by atoms with Crippen LogP contribution in [0.5, 0.6) is 0 Å². The standard InChI is InChI=1S/C21H28N4OS/c1-24(2)19-9-7-17(8-10-19)15-25(16-18-5-3-11-22-13-18)21(27)23-14-20-6-4-12-26-20/h3,5,7-11,13,20H,4,6,12,14-16H2,1-2H3,(H,23,27)/t20-/m1/s1. The third kappa shape index (κ3) is 5.91. The molecule has 0 aliphatic carbocycles. The summed E-state index contributed by atoms with van der Waals surface area (Å²) in [5.41, 5.74) is 3.56. The van der Waals surface area contributed by atoms with E-state index in [9.17, 15) is 0 Å². The van der Waals surface area contributed by atoms with E-state index in [0.29, 0.717) is 0 Å². The minimum Gasteiger partial charge on any atom is -0.378 e. The van der Waals surface area contributed by atoms with Gasteiger partial charge in [0.25, 0.3) is 0 Å². The van der Waals surface area contributed by atoms with Crippen molar-refractivity contribution in [3.63, 3.8) is 0 Å². The summed E-state index contributed by atoms with van der Waals surface area (Å²) >= 11 is 5.71. The minimum absolute atomic E-state index is 0.266. The van der Waals surface area contributed by atoms with E-state index < -0.39 is 0 Å². The van der Waals surface area contributed by atoms with Crippen LogP contribution in [0.3, 0.4) is 0 Å². The molecule has 2 heterocycles. The minimum atomic E-state index is 0.266. The number of hydrogen-bond acceptors (Lipinski definition) is 4. The highest BCUT2D eigenvalue weighted by Gasteiger charge is 2.17. The van der Waals surface area contributed by atoms with Crippen molar-refractivity contribution in [1.82, 2.24) is 15.2 Å². The number of nitrogens with zero attached hydrogens (tertiary/aromatic N) is 3. The molecule has 2 aromatic rings. The highest BCUT2D eigenvalue weighted by atomic mass is 32.1. The number of ether oxygens (including phenoxy) is 1. The van der Waals surface area contributed by atoms with Crippen LogP contribution in [0.1, 0.15) is 24.0 Å². The Bertz CT molecular complexity index is 715. The molecule has 1 N–H and O–H groups in total. The van der Waals surface area contributed by atoms with Crippen LogP contribution in [0.25, 0.3) is 0 Å². The molecule has 144 valence electrons. The Kier molecular flexibility index (Phi) is 7.01. The molecular weight excluding hydrogens is 356 g/mol. The fourth-order valence-electron chi connectivity index (χ4n) is 3.15. The normalized spacial score (nSPS) is 16.1. The average molecular weight is 385 g/mol. The Morgan fingerprint density at radius 2 is 1.96 bits per heavy atom. The number of pyridine rings is 1. The van der Waals surface area contributed by atoms with Gasteiger partial charge in [-0.25, -0.2) is 0 Å². The van der Waals surface area contributed by atoms with Crippen molar-refractivity contribution in [3.8, 4) is 0 Å². The number of anilines is 1. The molecule has 0 spiro atoms. The second kappa shape index (κ2) is 9.67. The Hall–Kier alpha value is -2.18. The van der Waals surface area contributed by atoms with Crippen molar-refractivity contribution < 1.29 is 4.74 Å². The van der Waals surface area contributed by atoms with Gasteiger partial charge in [0, 0.05) is 58.4 Å². The third-order valence-electron chi connectivity index (χ3n) is 4.71. The highest BCUT2D eigenvalue weighted by Crippen LogP contribution is 2.16. The molecular formula is C21H28N4OS. The van der Waals surface area contributed by atoms with Crippen LogP contribution in [-0.4, -0.2) is 48.3 Å². The first-order valence-corrected chi connectivity index (χ1v) is 9.82. The summed E-state index contributed by atoms with van der Waals surface area (Å²) in [4.78, 5) is 8.52. The smallest absolute Gasteiger partial charge is 0.169 e. The fraction of sp³-hybridized carbons (Fsp3) is 0.429. The molecule has 5 nitrogen and oxygen atoms in total. The van der Waals surface area contributed by atoms with Crippen LogP contribution in [0, 0.1) is 0 Å². The predicted octanol–water partition coefficient (Wildman–Crippen LogP) is 3.20. The van der Waals surface area contributed by atoms with Gasteiger partial charge < -0.3 is 19.9 Å². The molecule has 1 aliphatic rings. The molecule has 1 saturated heterocycles. The summed E-state index contributed by atoms with van der Waals surface area (Å²) in [6.45, 7) is 3.10. The van der Waals surface area contributed by atoms with Crippen molar-refractivity contribution in [3.05, 3.63) is 59.9 Å². The summed E-state index contributed by atoms with van der Waals surface area (Å²) in [5, 5.41) is 4.15. The van der Waals surface area contributed by atoms with E-state index in [4.69, 9.17) is 17.0 Å². The zero-order valence-electron chi connectivity index (χ0n) is 16.1. The van der Waals surface area contributed by atoms with Gasteiger partial charge in [-0.15, -0.1) is 0 Å². The Morgan fingerprint density at radius 3 is 2.59 bits per heavy atom. The quantitative estimate of drug-likeness (QED) is 0.740. The van der Waals surface area contributed by atoms with Crippen LogP contribution in [0.4, 0.5) is 5.69 Å². The van der Waals surface area contributed by atoms with Gasteiger partial charge in [-0.05, 0) is 54.4 Å². The number of thiocarbonyl (C=S) groups is 1. The molecule has 0 unspecified atom stereocenters. The lowest BCUT2D eigenvalue weighted by Crippen LogP contribution is -2.42. The van der Waals surface area contributed by atoms with Crippen molar-refractivity contribution in [2.24, 2.45) is 0 Å². The molecule has 1 aliphatic heterocycles. The predicted molar refractivity (Wildman–Crippen MR) is 114 cm³/mol. The van der Waals surface area contributed by atoms with Gasteiger partial charge >= 0.3 is 0 Å². The molecule has 0 bridgehead atoms. The van der Waals surface area contributed by atoms with E-state index in [1.807, 2.05) is 26.4 Å². The summed E-state index contributed by atoms with van der Waals surface area (Å²) < 4.78 is 5.70. The van der Waals surface area contributed by atoms with Gasteiger partial charge in [0.05, 0.1) is 6.10 Å². The van der Waals surface area contributed by atoms with E-state index in [1.54, 1.807) is 6.20 Å². The van der Waals surface area contributed by atoms with E-state index in [1.165, 1.54) is 11.3 Å². The van der Waals surface area contributed by atoms with Gasteiger partial charge in [0.15, 0.2) is 5.11 Å². The van der Waals surface area contributed by atoms with Crippen LogP contribution in [0.15, 0.2) is 48.8 Å². The van der Waals surface area contributed by atoms with Crippen molar-refractivity contribution in [1.29, 1.82) is 0 Å². The van der Waals surface area contributed by atoms with Crippen molar-refractivity contribution in [2.45, 2.75) is 32.0 Å². The van der Waals surface area contributed by atoms with Crippen LogP contribution < -0.4 is 10.2 Å². The Labute approximate surface area is 167 Å². The molecule has 0 radical (unpaired) electrons. The molecule has 0 saturated carbocycles. The maximum atomic E-state index is 5.71. The highest BCUT2D eigenvalue weighted by molar-refractivity contribution is 7.80. The summed E-state index contributed by atoms with van der Waals surface area (Å²) in [7, 11) is 4.10. The molecule has 27 heavy (non-hydrogen) atoms. The van der Waals surface area contributed by atoms with E-state index in [-0.39, 0.29) is 6.10 Å². The van der Waals surface area contributed by atoms with Gasteiger partial charge in [-0.2, -0.15) is 0 Å². The Morgan fingerprint density at radius 1 is 1.19 bits per heavy atom. The van der Waals surface area contributed by atoms with Crippen LogP contribution >= 0.6 is 12.2 Å². The third-order valence-corrected chi connectivity index (χ3v) is 5.12. The zero-order valence-corrected chi connectivity index (χ0v) is 16.9. The number of benzene rings is 1. The van der Waals surface area contributed by atoms with Gasteiger partial charge in [-0.3, -0.25) is 4.98 Å². The first-order chi connectivity index (χ1) is 13.1.